The molecule has 2 nitrogen and oxygen atoms in total. The number of thioether (sulfide) groups is 1. The summed E-state index contributed by atoms with van der Waals surface area (Å²) in [5.41, 5.74) is 0. The minimum absolute atomic E-state index is 0.783. The van der Waals surface area contributed by atoms with E-state index in [0.29, 0.717) is 0 Å². The number of hydrogen-bond donors (Lipinski definition) is 1. The number of hydrogen-bond acceptors (Lipinski definition) is 3. The van der Waals surface area contributed by atoms with E-state index in [4.69, 9.17) is 0 Å². The van der Waals surface area contributed by atoms with E-state index in [1.165, 1.54) is 51.7 Å². The van der Waals surface area contributed by atoms with Gasteiger partial charge in [-0.05, 0) is 50.9 Å². The van der Waals surface area contributed by atoms with Gasteiger partial charge in [-0.15, -0.1) is 0 Å². The smallest absolute Gasteiger partial charge is 0.0198 e. The molecule has 1 aliphatic carbocycles. The summed E-state index contributed by atoms with van der Waals surface area (Å²) in [7, 11) is 0. The molecule has 1 heterocycles. The second kappa shape index (κ2) is 7.16. The minimum atomic E-state index is 0.783. The lowest BCUT2D eigenvalue weighted by Crippen LogP contribution is -2.48. The van der Waals surface area contributed by atoms with Gasteiger partial charge in [0.2, 0.25) is 0 Å². The lowest BCUT2D eigenvalue weighted by Gasteiger charge is -2.35. The van der Waals surface area contributed by atoms with Gasteiger partial charge in [0.15, 0.2) is 0 Å². The van der Waals surface area contributed by atoms with Crippen LogP contribution in [0.15, 0.2) is 0 Å². The molecule has 0 aromatic rings. The highest BCUT2D eigenvalue weighted by molar-refractivity contribution is 7.99. The zero-order chi connectivity index (χ0) is 13.0. The van der Waals surface area contributed by atoms with E-state index in [-0.39, 0.29) is 0 Å². The molecule has 1 N–H and O–H groups in total. The first-order chi connectivity index (χ1) is 8.69. The summed E-state index contributed by atoms with van der Waals surface area (Å²) in [4.78, 5) is 2.64. The van der Waals surface area contributed by atoms with Gasteiger partial charge in [-0.1, -0.05) is 20.3 Å². The zero-order valence-electron chi connectivity index (χ0n) is 12.3. The van der Waals surface area contributed by atoms with Crippen LogP contribution in [0.3, 0.4) is 0 Å². The van der Waals surface area contributed by atoms with Crippen LogP contribution in [0.1, 0.15) is 46.0 Å². The van der Waals surface area contributed by atoms with Gasteiger partial charge in [0.25, 0.3) is 0 Å². The molecule has 1 saturated carbocycles. The summed E-state index contributed by atoms with van der Waals surface area (Å²) >= 11 is 2.07. The Morgan fingerprint density at radius 2 is 1.89 bits per heavy atom. The fourth-order valence-electron chi connectivity index (χ4n) is 3.50. The molecule has 0 unspecified atom stereocenters. The van der Waals surface area contributed by atoms with Crippen LogP contribution < -0.4 is 5.32 Å². The Balaban J connectivity index is 1.70. The average molecular weight is 270 g/mol. The monoisotopic (exact) mass is 270 g/mol. The van der Waals surface area contributed by atoms with Crippen molar-refractivity contribution in [1.82, 2.24) is 10.2 Å². The SMILES string of the molecule is CS[C@H]1CCC[C@@H]1NC1CCN(CC(C)C)CC1. The predicted molar refractivity (Wildman–Crippen MR) is 82.4 cm³/mol. The average Bonchev–Trinajstić information content (AvgIpc) is 2.78. The first-order valence-electron chi connectivity index (χ1n) is 7.70. The van der Waals surface area contributed by atoms with Crippen molar-refractivity contribution in [2.75, 3.05) is 25.9 Å². The van der Waals surface area contributed by atoms with Crippen LogP contribution >= 0.6 is 11.8 Å². The number of piperidine rings is 1. The van der Waals surface area contributed by atoms with Gasteiger partial charge in [-0.3, -0.25) is 0 Å². The maximum absolute atomic E-state index is 3.95. The van der Waals surface area contributed by atoms with Gasteiger partial charge in [0.1, 0.15) is 0 Å². The molecular formula is C15H30N2S. The number of likely N-dealkylation sites (tertiary alicyclic amines) is 1. The Morgan fingerprint density at radius 3 is 2.50 bits per heavy atom. The first-order valence-corrected chi connectivity index (χ1v) is 8.99. The minimum Gasteiger partial charge on any atom is -0.310 e. The van der Waals surface area contributed by atoms with Gasteiger partial charge in [0, 0.05) is 23.9 Å². The Labute approximate surface area is 117 Å². The fraction of sp³-hybridized carbons (Fsp3) is 1.00. The van der Waals surface area contributed by atoms with Crippen molar-refractivity contribution in [2.45, 2.75) is 63.3 Å². The van der Waals surface area contributed by atoms with Crippen molar-refractivity contribution in [3.8, 4) is 0 Å². The second-order valence-corrected chi connectivity index (χ2v) is 7.52. The van der Waals surface area contributed by atoms with E-state index in [2.05, 4.69) is 42.1 Å². The van der Waals surface area contributed by atoms with Crippen LogP contribution in [0.2, 0.25) is 0 Å². The quantitative estimate of drug-likeness (QED) is 0.827. The normalized spacial score (nSPS) is 31.3. The summed E-state index contributed by atoms with van der Waals surface area (Å²) in [6, 6.07) is 1.58. The standard InChI is InChI=1S/C15H30N2S/c1-12(2)11-17-9-7-13(8-10-17)16-14-5-4-6-15(14)18-3/h12-16H,4-11H2,1-3H3/t14-,15-/m0/s1. The summed E-state index contributed by atoms with van der Waals surface area (Å²) in [6.45, 7) is 8.53. The molecule has 0 aromatic carbocycles. The Morgan fingerprint density at radius 1 is 1.17 bits per heavy atom. The first kappa shape index (κ1) is 14.7. The molecule has 1 aliphatic heterocycles. The van der Waals surface area contributed by atoms with E-state index < -0.39 is 0 Å². The zero-order valence-corrected chi connectivity index (χ0v) is 13.1. The molecule has 0 amide bonds. The molecule has 0 bridgehead atoms. The number of rotatable bonds is 5. The van der Waals surface area contributed by atoms with Crippen LogP contribution in [0.4, 0.5) is 0 Å². The molecular weight excluding hydrogens is 240 g/mol. The van der Waals surface area contributed by atoms with Crippen LogP contribution in [0.25, 0.3) is 0 Å². The Bertz CT molecular complexity index is 237. The summed E-state index contributed by atoms with van der Waals surface area (Å²) in [6.07, 6.45) is 9.22. The molecule has 2 rings (SSSR count). The number of nitrogens with one attached hydrogen (secondary N) is 1. The molecule has 18 heavy (non-hydrogen) atoms. The van der Waals surface area contributed by atoms with Crippen LogP contribution in [-0.4, -0.2) is 48.1 Å². The molecule has 2 atom stereocenters. The topological polar surface area (TPSA) is 15.3 Å². The molecule has 3 heteroatoms. The van der Waals surface area contributed by atoms with Crippen molar-refractivity contribution >= 4 is 11.8 Å². The van der Waals surface area contributed by atoms with E-state index in [1.54, 1.807) is 0 Å². The third-order valence-electron chi connectivity index (χ3n) is 4.42. The highest BCUT2D eigenvalue weighted by atomic mass is 32.2. The van der Waals surface area contributed by atoms with E-state index in [1.807, 2.05) is 0 Å². The third-order valence-corrected chi connectivity index (χ3v) is 5.59. The Kier molecular flexibility index (Phi) is 5.84. The number of nitrogens with zero attached hydrogens (tertiary/aromatic N) is 1. The van der Waals surface area contributed by atoms with Gasteiger partial charge in [-0.2, -0.15) is 11.8 Å². The van der Waals surface area contributed by atoms with E-state index in [9.17, 15) is 0 Å². The largest absolute Gasteiger partial charge is 0.310 e. The molecule has 2 aliphatic rings. The molecule has 0 spiro atoms. The summed E-state index contributed by atoms with van der Waals surface area (Å²) in [5.74, 6) is 0.810. The van der Waals surface area contributed by atoms with Crippen LogP contribution in [-0.2, 0) is 0 Å². The van der Waals surface area contributed by atoms with Crippen molar-refractivity contribution in [3.05, 3.63) is 0 Å². The van der Waals surface area contributed by atoms with Gasteiger partial charge >= 0.3 is 0 Å². The highest BCUT2D eigenvalue weighted by Gasteiger charge is 2.29. The summed E-state index contributed by atoms with van der Waals surface area (Å²) < 4.78 is 0. The van der Waals surface area contributed by atoms with Crippen molar-refractivity contribution < 1.29 is 0 Å². The van der Waals surface area contributed by atoms with E-state index in [0.717, 1.165) is 23.3 Å². The predicted octanol–water partition coefficient (Wildman–Crippen LogP) is 2.98. The molecule has 1 saturated heterocycles. The van der Waals surface area contributed by atoms with Crippen molar-refractivity contribution in [1.29, 1.82) is 0 Å². The molecule has 106 valence electrons. The highest BCUT2D eigenvalue weighted by Crippen LogP contribution is 2.29. The fourth-order valence-corrected chi connectivity index (χ4v) is 4.45. The van der Waals surface area contributed by atoms with Gasteiger partial charge in [-0.25, -0.2) is 0 Å². The van der Waals surface area contributed by atoms with Crippen molar-refractivity contribution in [3.63, 3.8) is 0 Å². The van der Waals surface area contributed by atoms with Gasteiger partial charge in [0.05, 0.1) is 0 Å². The van der Waals surface area contributed by atoms with Gasteiger partial charge < -0.3 is 10.2 Å². The lowest BCUT2D eigenvalue weighted by atomic mass is 10.0. The Hall–Kier alpha value is 0.270. The van der Waals surface area contributed by atoms with Crippen LogP contribution in [0.5, 0.6) is 0 Å². The third kappa shape index (κ3) is 4.14. The maximum atomic E-state index is 3.95. The molecule has 2 fully saturated rings. The molecule has 0 aromatic heterocycles. The van der Waals surface area contributed by atoms with E-state index >= 15 is 0 Å². The lowest BCUT2D eigenvalue weighted by molar-refractivity contribution is 0.175. The van der Waals surface area contributed by atoms with Crippen molar-refractivity contribution in [2.24, 2.45) is 5.92 Å². The summed E-state index contributed by atoms with van der Waals surface area (Å²) in [5, 5.41) is 4.82. The van der Waals surface area contributed by atoms with Crippen LogP contribution in [0, 0.1) is 5.92 Å². The maximum Gasteiger partial charge on any atom is 0.0198 e. The second-order valence-electron chi connectivity index (χ2n) is 6.45. The molecule has 0 radical (unpaired) electrons.